The van der Waals surface area contributed by atoms with Crippen molar-refractivity contribution in [3.05, 3.63) is 41.5 Å². The lowest BCUT2D eigenvalue weighted by molar-refractivity contribution is -0.126. The molecule has 2 N–H and O–H groups in total. The minimum absolute atomic E-state index is 0.132. The predicted molar refractivity (Wildman–Crippen MR) is 88.6 cm³/mol. The van der Waals surface area contributed by atoms with Crippen LogP contribution in [0.1, 0.15) is 44.1 Å². The number of allylic oxidation sites excluding steroid dienone is 1. The Labute approximate surface area is 132 Å². The van der Waals surface area contributed by atoms with Crippen LogP contribution >= 0.6 is 0 Å². The molecule has 4 heteroatoms. The van der Waals surface area contributed by atoms with Gasteiger partial charge in [0.1, 0.15) is 6.42 Å². The number of hydrogen-bond donors (Lipinski definition) is 2. The molecule has 0 atom stereocenters. The molecule has 0 fully saturated rings. The largest absolute Gasteiger partial charge is 0.355 e. The lowest BCUT2D eigenvalue weighted by atomic mass is 9.97. The maximum atomic E-state index is 11.8. The van der Waals surface area contributed by atoms with E-state index in [0.29, 0.717) is 6.54 Å². The molecule has 0 aromatic heterocycles. The number of carbonyl (C=O) groups is 2. The molecule has 0 saturated carbocycles. The van der Waals surface area contributed by atoms with Gasteiger partial charge in [-0.2, -0.15) is 0 Å². The molecule has 1 aromatic carbocycles. The summed E-state index contributed by atoms with van der Waals surface area (Å²) in [6.07, 6.45) is 7.86. The van der Waals surface area contributed by atoms with Gasteiger partial charge in [0.25, 0.3) is 0 Å². The van der Waals surface area contributed by atoms with Gasteiger partial charge in [0, 0.05) is 12.2 Å². The van der Waals surface area contributed by atoms with Crippen molar-refractivity contribution in [1.29, 1.82) is 0 Å². The minimum Gasteiger partial charge on any atom is -0.355 e. The first-order valence-electron chi connectivity index (χ1n) is 7.94. The number of anilines is 1. The Bertz CT molecular complexity index is 547. The van der Waals surface area contributed by atoms with Crippen molar-refractivity contribution < 1.29 is 9.59 Å². The van der Waals surface area contributed by atoms with E-state index < -0.39 is 0 Å². The fourth-order valence-electron chi connectivity index (χ4n) is 2.54. The Balaban J connectivity index is 1.66. The molecule has 1 aromatic rings. The number of hydrogen-bond acceptors (Lipinski definition) is 2. The Morgan fingerprint density at radius 1 is 1.09 bits per heavy atom. The zero-order chi connectivity index (χ0) is 15.8. The zero-order valence-electron chi connectivity index (χ0n) is 13.2. The highest BCUT2D eigenvalue weighted by Crippen LogP contribution is 2.19. The monoisotopic (exact) mass is 300 g/mol. The molecule has 0 saturated heterocycles. The summed E-state index contributed by atoms with van der Waals surface area (Å²) in [7, 11) is 0. The van der Waals surface area contributed by atoms with Crippen LogP contribution in [0.3, 0.4) is 0 Å². The summed E-state index contributed by atoms with van der Waals surface area (Å²) in [6, 6.07) is 7.52. The lowest BCUT2D eigenvalue weighted by Gasteiger charge is -2.13. The van der Waals surface area contributed by atoms with Gasteiger partial charge in [-0.05, 0) is 51.2 Å². The van der Waals surface area contributed by atoms with Crippen LogP contribution in [0.4, 0.5) is 5.69 Å². The number of amides is 2. The van der Waals surface area contributed by atoms with Gasteiger partial charge in [0.05, 0.1) is 0 Å². The summed E-state index contributed by atoms with van der Waals surface area (Å²) in [4.78, 5) is 23.5. The van der Waals surface area contributed by atoms with Crippen molar-refractivity contribution in [2.45, 2.75) is 45.4 Å². The maximum Gasteiger partial charge on any atom is 0.233 e. The Morgan fingerprint density at radius 2 is 1.86 bits per heavy atom. The number of benzene rings is 1. The first-order chi connectivity index (χ1) is 10.6. The summed E-state index contributed by atoms with van der Waals surface area (Å²) < 4.78 is 0. The van der Waals surface area contributed by atoms with Crippen LogP contribution in [-0.4, -0.2) is 18.4 Å². The second kappa shape index (κ2) is 8.37. The van der Waals surface area contributed by atoms with E-state index in [9.17, 15) is 9.59 Å². The van der Waals surface area contributed by atoms with Crippen LogP contribution < -0.4 is 10.6 Å². The van der Waals surface area contributed by atoms with Gasteiger partial charge in [-0.1, -0.05) is 29.3 Å². The third-order valence-electron chi connectivity index (χ3n) is 3.81. The van der Waals surface area contributed by atoms with Crippen molar-refractivity contribution in [2.24, 2.45) is 0 Å². The van der Waals surface area contributed by atoms with E-state index in [4.69, 9.17) is 0 Å². The van der Waals surface area contributed by atoms with Gasteiger partial charge in [0.15, 0.2) is 0 Å². The summed E-state index contributed by atoms with van der Waals surface area (Å²) >= 11 is 0. The molecule has 0 spiro atoms. The molecule has 4 nitrogen and oxygen atoms in total. The molecular weight excluding hydrogens is 276 g/mol. The van der Waals surface area contributed by atoms with Crippen LogP contribution in [0.15, 0.2) is 35.9 Å². The molecule has 1 aliphatic carbocycles. The van der Waals surface area contributed by atoms with Crippen molar-refractivity contribution in [3.63, 3.8) is 0 Å². The Morgan fingerprint density at radius 3 is 2.55 bits per heavy atom. The maximum absolute atomic E-state index is 11.8. The van der Waals surface area contributed by atoms with Gasteiger partial charge >= 0.3 is 0 Å². The fourth-order valence-corrected chi connectivity index (χ4v) is 2.54. The normalized spacial score (nSPS) is 14.1. The second-order valence-corrected chi connectivity index (χ2v) is 5.80. The lowest BCUT2D eigenvalue weighted by Crippen LogP contribution is -2.29. The average molecular weight is 300 g/mol. The summed E-state index contributed by atoms with van der Waals surface area (Å²) in [5, 5.41) is 5.54. The van der Waals surface area contributed by atoms with E-state index in [2.05, 4.69) is 16.7 Å². The van der Waals surface area contributed by atoms with E-state index in [1.165, 1.54) is 18.4 Å². The first-order valence-corrected chi connectivity index (χ1v) is 7.94. The van der Waals surface area contributed by atoms with E-state index in [1.54, 1.807) is 0 Å². The molecule has 22 heavy (non-hydrogen) atoms. The topological polar surface area (TPSA) is 58.2 Å². The number of rotatable bonds is 6. The molecule has 2 rings (SSSR count). The van der Waals surface area contributed by atoms with Crippen LogP contribution in [0.5, 0.6) is 0 Å². The fraction of sp³-hybridized carbons (Fsp3) is 0.444. The quantitative estimate of drug-likeness (QED) is 0.625. The molecule has 0 radical (unpaired) electrons. The molecule has 1 aliphatic rings. The molecule has 118 valence electrons. The van der Waals surface area contributed by atoms with Crippen LogP contribution in [0.25, 0.3) is 0 Å². The van der Waals surface area contributed by atoms with Gasteiger partial charge in [-0.15, -0.1) is 0 Å². The van der Waals surface area contributed by atoms with E-state index >= 15 is 0 Å². The van der Waals surface area contributed by atoms with Crippen molar-refractivity contribution in [2.75, 3.05) is 11.9 Å². The standard InChI is InChI=1S/C18H24N2O2/c1-14-7-9-16(10-8-14)20-18(22)13-17(21)19-12-11-15-5-3-2-4-6-15/h5,7-10H,2-4,6,11-13H2,1H3,(H,19,21)(H,20,22). The highest BCUT2D eigenvalue weighted by molar-refractivity contribution is 6.03. The average Bonchev–Trinajstić information content (AvgIpc) is 2.50. The number of aryl methyl sites for hydroxylation is 1. The third kappa shape index (κ3) is 5.72. The zero-order valence-corrected chi connectivity index (χ0v) is 13.2. The molecule has 0 aliphatic heterocycles. The van der Waals surface area contributed by atoms with Crippen LogP contribution in [-0.2, 0) is 9.59 Å². The summed E-state index contributed by atoms with van der Waals surface area (Å²) in [5.41, 5.74) is 3.28. The Kier molecular flexibility index (Phi) is 6.19. The third-order valence-corrected chi connectivity index (χ3v) is 3.81. The van der Waals surface area contributed by atoms with Crippen molar-refractivity contribution in [3.8, 4) is 0 Å². The van der Waals surface area contributed by atoms with Gasteiger partial charge < -0.3 is 10.6 Å². The van der Waals surface area contributed by atoms with E-state index in [-0.39, 0.29) is 18.2 Å². The smallest absolute Gasteiger partial charge is 0.233 e. The number of nitrogens with one attached hydrogen (secondary N) is 2. The van der Waals surface area contributed by atoms with Crippen LogP contribution in [0, 0.1) is 6.92 Å². The van der Waals surface area contributed by atoms with Crippen molar-refractivity contribution in [1.82, 2.24) is 5.32 Å². The SMILES string of the molecule is Cc1ccc(NC(=O)CC(=O)NCCC2=CCCCC2)cc1. The van der Waals surface area contributed by atoms with Gasteiger partial charge in [-0.3, -0.25) is 9.59 Å². The molecular formula is C18H24N2O2. The van der Waals surface area contributed by atoms with E-state index in [1.807, 2.05) is 31.2 Å². The second-order valence-electron chi connectivity index (χ2n) is 5.80. The van der Waals surface area contributed by atoms with Gasteiger partial charge in [0.2, 0.25) is 11.8 Å². The Hall–Kier alpha value is -2.10. The highest BCUT2D eigenvalue weighted by Gasteiger charge is 2.10. The minimum atomic E-state index is -0.279. The summed E-state index contributed by atoms with van der Waals surface area (Å²) in [6.45, 7) is 2.60. The molecule has 0 unspecified atom stereocenters. The highest BCUT2D eigenvalue weighted by atomic mass is 16.2. The first kappa shape index (κ1) is 16.3. The van der Waals surface area contributed by atoms with Crippen molar-refractivity contribution >= 4 is 17.5 Å². The van der Waals surface area contributed by atoms with Gasteiger partial charge in [-0.25, -0.2) is 0 Å². The molecule has 2 amide bonds. The molecule has 0 heterocycles. The molecule has 0 bridgehead atoms. The summed E-state index contributed by atoms with van der Waals surface area (Å²) in [5.74, 6) is -0.501. The van der Waals surface area contributed by atoms with Crippen LogP contribution in [0.2, 0.25) is 0 Å². The predicted octanol–water partition coefficient (Wildman–Crippen LogP) is 3.33. The number of carbonyl (C=O) groups excluding carboxylic acids is 2. The van der Waals surface area contributed by atoms with E-state index in [0.717, 1.165) is 30.5 Å².